The molecule has 72 valence electrons. The molecule has 13 heavy (non-hydrogen) atoms. The number of halogens is 5. The van der Waals surface area contributed by atoms with Gasteiger partial charge in [0.2, 0.25) is 0 Å². The van der Waals surface area contributed by atoms with Crippen molar-refractivity contribution in [3.8, 4) is 0 Å². The van der Waals surface area contributed by atoms with E-state index >= 15 is 0 Å². The van der Waals surface area contributed by atoms with Crippen molar-refractivity contribution in [1.82, 2.24) is 0 Å². The Labute approximate surface area is 81.1 Å². The normalized spacial score (nSPS) is 11.8. The average Bonchev–Trinajstić information content (AvgIpc) is 1.94. The summed E-state index contributed by atoms with van der Waals surface area (Å²) < 4.78 is 49.6. The summed E-state index contributed by atoms with van der Waals surface area (Å²) in [6, 6.07) is 1.53. The zero-order chi connectivity index (χ0) is 10.2. The first-order valence-electron chi connectivity index (χ1n) is 3.48. The molecule has 0 fully saturated rings. The van der Waals surface area contributed by atoms with E-state index in [0.29, 0.717) is 6.07 Å². The molecule has 0 aliphatic rings. The van der Waals surface area contributed by atoms with Crippen LogP contribution < -0.4 is 5.46 Å². The standard InChI is InChI=1S/C7H5BBrF4/c1-4-6(8(11,12)13)2-5(10)3-7(4)9/h2-3H,1H3/q-1. The number of hydrogen-bond acceptors (Lipinski definition) is 0. The van der Waals surface area contributed by atoms with E-state index in [1.54, 1.807) is 0 Å². The summed E-state index contributed by atoms with van der Waals surface area (Å²) in [5.74, 6) is -0.883. The van der Waals surface area contributed by atoms with Gasteiger partial charge in [0.15, 0.2) is 0 Å². The second-order valence-electron chi connectivity index (χ2n) is 2.68. The van der Waals surface area contributed by atoms with Gasteiger partial charge in [-0.25, -0.2) is 4.39 Å². The van der Waals surface area contributed by atoms with Gasteiger partial charge in [0.1, 0.15) is 5.82 Å². The van der Waals surface area contributed by atoms with Crippen LogP contribution in [0.25, 0.3) is 0 Å². The van der Waals surface area contributed by atoms with Gasteiger partial charge in [-0.15, -0.1) is 5.46 Å². The minimum atomic E-state index is -5.14. The first kappa shape index (κ1) is 10.6. The maximum Gasteiger partial charge on any atom is 0.510 e. The van der Waals surface area contributed by atoms with Crippen molar-refractivity contribution < 1.29 is 17.3 Å². The van der Waals surface area contributed by atoms with Crippen LogP contribution >= 0.6 is 15.9 Å². The van der Waals surface area contributed by atoms with Crippen LogP contribution in [0.4, 0.5) is 17.3 Å². The predicted molar refractivity (Wildman–Crippen MR) is 47.5 cm³/mol. The Kier molecular flexibility index (Phi) is 2.70. The molecule has 6 heteroatoms. The summed E-state index contributed by atoms with van der Waals surface area (Å²) in [6.07, 6.45) is 0. The highest BCUT2D eigenvalue weighted by Gasteiger charge is 2.28. The van der Waals surface area contributed by atoms with Gasteiger partial charge in [0.25, 0.3) is 0 Å². The first-order valence-corrected chi connectivity index (χ1v) is 4.27. The molecule has 0 aromatic heterocycles. The second kappa shape index (κ2) is 3.33. The van der Waals surface area contributed by atoms with Crippen LogP contribution in [0, 0.1) is 12.7 Å². The van der Waals surface area contributed by atoms with E-state index in [4.69, 9.17) is 0 Å². The van der Waals surface area contributed by atoms with Crippen molar-refractivity contribution in [1.29, 1.82) is 0 Å². The molecule has 0 radical (unpaired) electrons. The summed E-state index contributed by atoms with van der Waals surface area (Å²) in [4.78, 5) is 0. The molecule has 0 unspecified atom stereocenters. The van der Waals surface area contributed by atoms with Crippen molar-refractivity contribution in [2.24, 2.45) is 0 Å². The Morgan fingerprint density at radius 3 is 2.23 bits per heavy atom. The van der Waals surface area contributed by atoms with E-state index < -0.39 is 18.3 Å². The molecule has 0 amide bonds. The van der Waals surface area contributed by atoms with Crippen LogP contribution in [0.15, 0.2) is 16.6 Å². The highest BCUT2D eigenvalue weighted by Crippen LogP contribution is 2.20. The van der Waals surface area contributed by atoms with E-state index in [9.17, 15) is 17.3 Å². The Hall–Kier alpha value is -0.515. The maximum atomic E-state index is 12.6. The van der Waals surface area contributed by atoms with Crippen molar-refractivity contribution >= 4 is 28.4 Å². The lowest BCUT2D eigenvalue weighted by Crippen LogP contribution is -2.36. The lowest BCUT2D eigenvalue weighted by Gasteiger charge is -2.18. The molecule has 0 aliphatic heterocycles. The lowest BCUT2D eigenvalue weighted by molar-refractivity contribution is 0.499. The molecular formula is C7H5BBrF4-. The van der Waals surface area contributed by atoms with Crippen LogP contribution in [0.2, 0.25) is 0 Å². The van der Waals surface area contributed by atoms with Crippen molar-refractivity contribution in [2.45, 2.75) is 6.92 Å². The van der Waals surface area contributed by atoms with E-state index in [2.05, 4.69) is 15.9 Å². The zero-order valence-corrected chi connectivity index (χ0v) is 8.21. The fourth-order valence-corrected chi connectivity index (χ4v) is 1.45. The fourth-order valence-electron chi connectivity index (χ4n) is 1.01. The third kappa shape index (κ3) is 2.24. The number of rotatable bonds is 1. The van der Waals surface area contributed by atoms with Crippen molar-refractivity contribution in [3.63, 3.8) is 0 Å². The van der Waals surface area contributed by atoms with E-state index in [1.165, 1.54) is 6.92 Å². The monoisotopic (exact) mass is 255 g/mol. The Bertz CT molecular complexity index is 334. The summed E-state index contributed by atoms with van der Waals surface area (Å²) >= 11 is 2.86. The van der Waals surface area contributed by atoms with E-state index in [-0.39, 0.29) is 10.0 Å². The first-order chi connectivity index (χ1) is 5.82. The Morgan fingerprint density at radius 1 is 1.23 bits per heavy atom. The summed E-state index contributed by atoms with van der Waals surface area (Å²) in [5.41, 5.74) is -0.860. The molecule has 0 N–H and O–H groups in total. The topological polar surface area (TPSA) is 0 Å². The molecule has 1 aromatic rings. The molecule has 0 bridgehead atoms. The molecule has 0 aliphatic carbocycles. The summed E-state index contributed by atoms with van der Waals surface area (Å²) in [6.45, 7) is -3.84. The van der Waals surface area contributed by atoms with Gasteiger partial charge in [-0.2, -0.15) is 0 Å². The quantitative estimate of drug-likeness (QED) is 0.535. The Morgan fingerprint density at radius 2 is 1.77 bits per heavy atom. The molecule has 0 saturated carbocycles. The maximum absolute atomic E-state index is 12.6. The second-order valence-corrected chi connectivity index (χ2v) is 3.53. The van der Waals surface area contributed by atoms with Gasteiger partial charge in [0, 0.05) is 4.47 Å². The van der Waals surface area contributed by atoms with Crippen LogP contribution in [-0.2, 0) is 0 Å². The van der Waals surface area contributed by atoms with Crippen LogP contribution in [0.3, 0.4) is 0 Å². The average molecular weight is 256 g/mol. The lowest BCUT2D eigenvalue weighted by atomic mass is 9.77. The number of benzene rings is 1. The van der Waals surface area contributed by atoms with Gasteiger partial charge < -0.3 is 12.9 Å². The molecule has 1 rings (SSSR count). The van der Waals surface area contributed by atoms with Crippen LogP contribution in [0.1, 0.15) is 5.56 Å². The third-order valence-electron chi connectivity index (χ3n) is 1.70. The summed E-state index contributed by atoms with van der Waals surface area (Å²) in [7, 11) is 0. The van der Waals surface area contributed by atoms with E-state index in [1.807, 2.05) is 0 Å². The van der Waals surface area contributed by atoms with Gasteiger partial charge in [-0.3, -0.25) is 0 Å². The van der Waals surface area contributed by atoms with Crippen molar-refractivity contribution in [2.75, 3.05) is 0 Å². The molecule has 1 aromatic carbocycles. The smallest absolute Gasteiger partial charge is 0.445 e. The van der Waals surface area contributed by atoms with Crippen molar-refractivity contribution in [3.05, 3.63) is 28.0 Å². The predicted octanol–water partition coefficient (Wildman–Crippen LogP) is 2.95. The minimum Gasteiger partial charge on any atom is -0.445 e. The van der Waals surface area contributed by atoms with E-state index in [0.717, 1.165) is 6.07 Å². The van der Waals surface area contributed by atoms with Gasteiger partial charge in [-0.1, -0.05) is 27.6 Å². The summed E-state index contributed by atoms with van der Waals surface area (Å²) in [5, 5.41) is 0. The molecule has 0 atom stereocenters. The Balaban J connectivity index is 3.37. The zero-order valence-electron chi connectivity index (χ0n) is 6.62. The largest absolute Gasteiger partial charge is 0.510 e. The van der Waals surface area contributed by atoms with Crippen LogP contribution in [0.5, 0.6) is 0 Å². The number of hydrogen-bond donors (Lipinski definition) is 0. The fraction of sp³-hybridized carbons (Fsp3) is 0.143. The van der Waals surface area contributed by atoms with Gasteiger partial charge >= 0.3 is 6.98 Å². The van der Waals surface area contributed by atoms with Gasteiger partial charge in [0.05, 0.1) is 0 Å². The van der Waals surface area contributed by atoms with Gasteiger partial charge in [-0.05, 0) is 13.0 Å². The molecular weight excluding hydrogens is 251 g/mol. The molecule has 0 heterocycles. The highest BCUT2D eigenvalue weighted by atomic mass is 79.9. The highest BCUT2D eigenvalue weighted by molar-refractivity contribution is 9.10. The van der Waals surface area contributed by atoms with Crippen LogP contribution in [-0.4, -0.2) is 6.98 Å². The minimum absolute atomic E-state index is 0.0221. The molecule has 0 nitrogen and oxygen atoms in total. The third-order valence-corrected chi connectivity index (χ3v) is 2.53. The molecule has 0 spiro atoms. The SMILES string of the molecule is Cc1c(Br)cc(F)cc1[B-](F)(F)F. The molecule has 0 saturated heterocycles.